The summed E-state index contributed by atoms with van der Waals surface area (Å²) in [5.41, 5.74) is 7.30. The van der Waals surface area contributed by atoms with E-state index in [0.717, 1.165) is 25.0 Å². The van der Waals surface area contributed by atoms with Gasteiger partial charge in [0.2, 0.25) is 0 Å². The van der Waals surface area contributed by atoms with E-state index in [0.29, 0.717) is 38.1 Å². The second-order valence-electron chi connectivity index (χ2n) is 6.99. The topological polar surface area (TPSA) is 89.2 Å². The molecule has 1 atom stereocenters. The molecule has 1 aromatic rings. The van der Waals surface area contributed by atoms with E-state index in [1.807, 2.05) is 19.1 Å². The Bertz CT molecular complexity index is 616. The van der Waals surface area contributed by atoms with E-state index in [-0.39, 0.29) is 36.1 Å². The van der Waals surface area contributed by atoms with Crippen LogP contribution in [0.25, 0.3) is 0 Å². The normalized spacial score (nSPS) is 16.1. The summed E-state index contributed by atoms with van der Waals surface area (Å²) in [6, 6.07) is 8.36. The maximum absolute atomic E-state index is 11.7. The summed E-state index contributed by atoms with van der Waals surface area (Å²) in [4.78, 5) is 17.9. The van der Waals surface area contributed by atoms with Crippen molar-refractivity contribution in [2.75, 3.05) is 33.4 Å². The highest BCUT2D eigenvalue weighted by Gasteiger charge is 2.23. The largest absolute Gasteiger partial charge is 0.497 e. The summed E-state index contributed by atoms with van der Waals surface area (Å²) in [6.45, 7) is 6.42. The Morgan fingerprint density at radius 1 is 1.32 bits per heavy atom. The van der Waals surface area contributed by atoms with Gasteiger partial charge in [0.25, 0.3) is 0 Å². The number of halogens is 1. The van der Waals surface area contributed by atoms with Crippen LogP contribution in [0.2, 0.25) is 0 Å². The molecule has 0 radical (unpaired) electrons. The van der Waals surface area contributed by atoms with Crippen molar-refractivity contribution in [3.05, 3.63) is 29.8 Å². The Morgan fingerprint density at radius 3 is 2.54 bits per heavy atom. The second-order valence-corrected chi connectivity index (χ2v) is 6.99. The Hall–Kier alpha value is -1.71. The lowest BCUT2D eigenvalue weighted by Gasteiger charge is -2.31. The van der Waals surface area contributed by atoms with E-state index in [1.165, 1.54) is 5.56 Å². The number of rotatable bonds is 7. The molecule has 0 saturated carbocycles. The molecular weight excluding hydrogens is 471 g/mol. The van der Waals surface area contributed by atoms with Gasteiger partial charge in [-0.05, 0) is 49.8 Å². The lowest BCUT2D eigenvalue weighted by molar-refractivity contribution is 0.0963. The van der Waals surface area contributed by atoms with Gasteiger partial charge in [-0.25, -0.2) is 4.79 Å². The third kappa shape index (κ3) is 8.12. The number of nitrogens with one attached hydrogen (secondary N) is 1. The molecule has 1 heterocycles. The third-order valence-corrected chi connectivity index (χ3v) is 4.69. The van der Waals surface area contributed by atoms with Crippen LogP contribution in [0.4, 0.5) is 4.79 Å². The van der Waals surface area contributed by atoms with Crippen molar-refractivity contribution >= 4 is 36.0 Å². The highest BCUT2D eigenvalue weighted by Crippen LogP contribution is 2.15. The average Bonchev–Trinajstić information content (AvgIpc) is 2.68. The first-order valence-corrected chi connectivity index (χ1v) is 9.62. The summed E-state index contributed by atoms with van der Waals surface area (Å²) in [5.74, 6) is 1.74. The fraction of sp³-hybridized carbons (Fsp3) is 0.600. The van der Waals surface area contributed by atoms with Crippen molar-refractivity contribution in [2.24, 2.45) is 16.6 Å². The van der Waals surface area contributed by atoms with Crippen LogP contribution in [-0.4, -0.2) is 56.3 Å². The fourth-order valence-electron chi connectivity index (χ4n) is 3.16. The van der Waals surface area contributed by atoms with E-state index >= 15 is 0 Å². The van der Waals surface area contributed by atoms with Crippen LogP contribution in [0.15, 0.2) is 29.3 Å². The number of hydrogen-bond acceptors (Lipinski definition) is 4. The van der Waals surface area contributed by atoms with Crippen molar-refractivity contribution in [2.45, 2.75) is 39.2 Å². The number of piperidine rings is 1. The third-order valence-electron chi connectivity index (χ3n) is 4.69. The van der Waals surface area contributed by atoms with Gasteiger partial charge in [0.1, 0.15) is 5.75 Å². The molecule has 0 bridgehead atoms. The number of likely N-dealkylation sites (tertiary alicyclic amines) is 1. The maximum atomic E-state index is 11.7. The van der Waals surface area contributed by atoms with Crippen LogP contribution in [-0.2, 0) is 11.2 Å². The minimum Gasteiger partial charge on any atom is -0.497 e. The van der Waals surface area contributed by atoms with Crippen LogP contribution in [0.3, 0.4) is 0 Å². The minimum absolute atomic E-state index is 0. The number of guanidine groups is 1. The summed E-state index contributed by atoms with van der Waals surface area (Å²) in [7, 11) is 1.67. The molecule has 1 unspecified atom stereocenters. The number of methoxy groups -OCH3 is 1. The highest BCUT2D eigenvalue weighted by atomic mass is 127. The number of carbonyl (C=O) groups is 1. The predicted octanol–water partition coefficient (Wildman–Crippen LogP) is 3.02. The summed E-state index contributed by atoms with van der Waals surface area (Å²) >= 11 is 0. The molecule has 3 N–H and O–H groups in total. The molecule has 1 saturated heterocycles. The highest BCUT2D eigenvalue weighted by molar-refractivity contribution is 14.0. The number of ether oxygens (including phenoxy) is 2. The second kappa shape index (κ2) is 12.7. The number of amides is 1. The van der Waals surface area contributed by atoms with Gasteiger partial charge in [-0.1, -0.05) is 19.1 Å². The molecular formula is C20H33IN4O3. The van der Waals surface area contributed by atoms with Gasteiger partial charge in [0.05, 0.1) is 13.7 Å². The Labute approximate surface area is 185 Å². The molecule has 1 amide bonds. The Kier molecular flexibility index (Phi) is 11.0. The van der Waals surface area contributed by atoms with Gasteiger partial charge in [-0.3, -0.25) is 4.99 Å². The van der Waals surface area contributed by atoms with Crippen molar-refractivity contribution in [3.8, 4) is 5.75 Å². The molecule has 0 aliphatic carbocycles. The SMILES string of the molecule is CCOC(=O)N1CCC(NC(N)=NCC(C)Cc2ccc(OC)cc2)CC1.I. The monoisotopic (exact) mass is 504 g/mol. The number of nitrogens with two attached hydrogens (primary N) is 1. The van der Waals surface area contributed by atoms with E-state index in [9.17, 15) is 4.79 Å². The molecule has 1 fully saturated rings. The molecule has 8 heteroatoms. The van der Waals surface area contributed by atoms with E-state index < -0.39 is 0 Å². The number of hydrogen-bond donors (Lipinski definition) is 2. The smallest absolute Gasteiger partial charge is 0.409 e. The summed E-state index contributed by atoms with van der Waals surface area (Å²) in [5, 5.41) is 3.28. The summed E-state index contributed by atoms with van der Waals surface area (Å²) < 4.78 is 10.2. The van der Waals surface area contributed by atoms with Crippen LogP contribution in [0.1, 0.15) is 32.3 Å². The van der Waals surface area contributed by atoms with Crippen LogP contribution < -0.4 is 15.8 Å². The molecule has 7 nitrogen and oxygen atoms in total. The van der Waals surface area contributed by atoms with Crippen LogP contribution in [0.5, 0.6) is 5.75 Å². The van der Waals surface area contributed by atoms with E-state index in [2.05, 4.69) is 29.4 Å². The summed E-state index contributed by atoms with van der Waals surface area (Å²) in [6.07, 6.45) is 2.40. The molecule has 2 rings (SSSR count). The van der Waals surface area contributed by atoms with E-state index in [4.69, 9.17) is 15.2 Å². The van der Waals surface area contributed by atoms with Gasteiger partial charge in [0.15, 0.2) is 5.96 Å². The fourth-order valence-corrected chi connectivity index (χ4v) is 3.16. The predicted molar refractivity (Wildman–Crippen MR) is 123 cm³/mol. The zero-order chi connectivity index (χ0) is 19.6. The van der Waals surface area contributed by atoms with Crippen molar-refractivity contribution in [1.29, 1.82) is 0 Å². The first-order chi connectivity index (χ1) is 13.0. The van der Waals surface area contributed by atoms with Gasteiger partial charge in [-0.2, -0.15) is 0 Å². The van der Waals surface area contributed by atoms with Crippen LogP contribution >= 0.6 is 24.0 Å². The van der Waals surface area contributed by atoms with Gasteiger partial charge < -0.3 is 25.4 Å². The molecule has 1 aromatic carbocycles. The maximum Gasteiger partial charge on any atom is 0.409 e. The molecule has 0 aromatic heterocycles. The molecule has 28 heavy (non-hydrogen) atoms. The number of aliphatic imine (C=N–C) groups is 1. The van der Waals surface area contributed by atoms with Crippen molar-refractivity contribution < 1.29 is 14.3 Å². The average molecular weight is 504 g/mol. The van der Waals surface area contributed by atoms with E-state index in [1.54, 1.807) is 12.0 Å². The number of benzene rings is 1. The minimum atomic E-state index is -0.232. The quantitative estimate of drug-likeness (QED) is 0.339. The van der Waals surface area contributed by atoms with Gasteiger partial charge in [-0.15, -0.1) is 24.0 Å². The lowest BCUT2D eigenvalue weighted by atomic mass is 10.0. The first kappa shape index (κ1) is 24.3. The molecule has 1 aliphatic rings. The lowest BCUT2D eigenvalue weighted by Crippen LogP contribution is -2.48. The van der Waals surface area contributed by atoms with Gasteiger partial charge >= 0.3 is 6.09 Å². The Balaban J connectivity index is 0.00000392. The number of nitrogens with zero attached hydrogens (tertiary/aromatic N) is 2. The van der Waals surface area contributed by atoms with Crippen LogP contribution in [0, 0.1) is 5.92 Å². The van der Waals surface area contributed by atoms with Gasteiger partial charge in [0, 0.05) is 25.7 Å². The molecule has 1 aliphatic heterocycles. The first-order valence-electron chi connectivity index (χ1n) is 9.62. The van der Waals surface area contributed by atoms with Crippen molar-refractivity contribution in [1.82, 2.24) is 10.2 Å². The standard InChI is InChI=1S/C20H32N4O3.HI/c1-4-27-20(25)24-11-9-17(10-12-24)23-19(21)22-14-15(2)13-16-5-7-18(26-3)8-6-16;/h5-8,15,17H,4,9-14H2,1-3H3,(H3,21,22,23);1H. The van der Waals surface area contributed by atoms with Crippen molar-refractivity contribution in [3.63, 3.8) is 0 Å². The zero-order valence-corrected chi connectivity index (χ0v) is 19.3. The number of carbonyl (C=O) groups excluding carboxylic acids is 1. The zero-order valence-electron chi connectivity index (χ0n) is 17.0. The molecule has 0 spiro atoms. The Morgan fingerprint density at radius 2 is 1.96 bits per heavy atom. The molecule has 158 valence electrons.